The highest BCUT2D eigenvalue weighted by Crippen LogP contribution is 2.18. The number of aromatic amines is 1. The lowest BCUT2D eigenvalue weighted by atomic mass is 10.1. The van der Waals surface area contributed by atoms with Crippen molar-refractivity contribution < 1.29 is 8.42 Å². The Hall–Kier alpha value is -3.76. The van der Waals surface area contributed by atoms with E-state index in [1.54, 1.807) is 34.8 Å². The van der Waals surface area contributed by atoms with Crippen LogP contribution in [-0.4, -0.2) is 46.3 Å². The van der Waals surface area contributed by atoms with Gasteiger partial charge in [-0.1, -0.05) is 36.4 Å². The Morgan fingerprint density at radius 3 is 2.58 bits per heavy atom. The number of hydrogen-bond donors (Lipinski definition) is 3. The van der Waals surface area contributed by atoms with Crippen molar-refractivity contribution in [2.45, 2.75) is 17.7 Å². The van der Waals surface area contributed by atoms with E-state index in [2.05, 4.69) is 42.5 Å². The zero-order chi connectivity index (χ0) is 22.7. The number of nitrogens with one attached hydrogen (secondary N) is 3. The van der Waals surface area contributed by atoms with Gasteiger partial charge < -0.3 is 10.3 Å². The fourth-order valence-corrected chi connectivity index (χ4v) is 4.78. The lowest BCUT2D eigenvalue weighted by Gasteiger charge is -2.07. The Bertz CT molecular complexity index is 1490. The summed E-state index contributed by atoms with van der Waals surface area (Å²) in [6.45, 7) is 0.909. The van der Waals surface area contributed by atoms with Crippen LogP contribution < -0.4 is 10.0 Å². The van der Waals surface area contributed by atoms with Crippen LogP contribution in [0.2, 0.25) is 0 Å². The van der Waals surface area contributed by atoms with Crippen molar-refractivity contribution in [1.29, 1.82) is 0 Å². The molecule has 10 heteroatoms. The van der Waals surface area contributed by atoms with Crippen molar-refractivity contribution in [3.8, 4) is 0 Å². The molecule has 0 bridgehead atoms. The number of para-hydroxylation sites is 1. The number of hydrogen-bond acceptors (Lipinski definition) is 6. The highest BCUT2D eigenvalue weighted by molar-refractivity contribution is 7.89. The minimum atomic E-state index is -3.57. The summed E-state index contributed by atoms with van der Waals surface area (Å²) >= 11 is 0. The first-order valence-electron chi connectivity index (χ1n) is 10.6. The molecule has 0 saturated carbocycles. The Morgan fingerprint density at radius 1 is 0.879 bits per heavy atom. The monoisotopic (exact) mass is 461 g/mol. The maximum atomic E-state index is 12.4. The minimum absolute atomic E-state index is 0.192. The molecule has 5 rings (SSSR count). The summed E-state index contributed by atoms with van der Waals surface area (Å²) < 4.78 is 29.0. The topological polar surface area (TPSA) is 117 Å². The van der Waals surface area contributed by atoms with E-state index in [-0.39, 0.29) is 11.4 Å². The van der Waals surface area contributed by atoms with Gasteiger partial charge in [-0.25, -0.2) is 13.1 Å². The molecular weight excluding hydrogens is 438 g/mol. The molecule has 3 aromatic heterocycles. The second-order valence-electron chi connectivity index (χ2n) is 7.60. The Morgan fingerprint density at radius 2 is 1.70 bits per heavy atom. The van der Waals surface area contributed by atoms with E-state index >= 15 is 0 Å². The molecule has 0 aliphatic carbocycles. The van der Waals surface area contributed by atoms with Crippen LogP contribution in [0, 0.1) is 0 Å². The summed E-state index contributed by atoms with van der Waals surface area (Å²) in [7, 11) is -3.57. The van der Waals surface area contributed by atoms with E-state index in [0.29, 0.717) is 30.3 Å². The van der Waals surface area contributed by atoms with Crippen molar-refractivity contribution in [2.75, 3.05) is 18.4 Å². The molecule has 0 spiro atoms. The van der Waals surface area contributed by atoms with E-state index in [9.17, 15) is 8.42 Å². The summed E-state index contributed by atoms with van der Waals surface area (Å²) in [5, 5.41) is 17.5. The Kier molecular flexibility index (Phi) is 5.76. The third-order valence-corrected chi connectivity index (χ3v) is 6.87. The van der Waals surface area contributed by atoms with Crippen molar-refractivity contribution >= 4 is 32.4 Å². The molecule has 33 heavy (non-hydrogen) atoms. The summed E-state index contributed by atoms with van der Waals surface area (Å²) in [5.41, 5.74) is 2.98. The number of benzene rings is 2. The third-order valence-electron chi connectivity index (χ3n) is 5.40. The Labute approximate surface area is 190 Å². The van der Waals surface area contributed by atoms with Gasteiger partial charge in [-0.05, 0) is 42.3 Å². The summed E-state index contributed by atoms with van der Waals surface area (Å²) in [5.74, 6) is 1.29. The molecular formula is C23H23N7O2S. The number of anilines is 1. The molecule has 168 valence electrons. The van der Waals surface area contributed by atoms with Gasteiger partial charge in [0.1, 0.15) is 5.82 Å². The average Bonchev–Trinajstić information content (AvgIpc) is 3.44. The number of H-pyrrole nitrogens is 1. The first-order chi connectivity index (χ1) is 16.1. The number of nitrogens with zero attached hydrogens (tertiary/aromatic N) is 4. The van der Waals surface area contributed by atoms with Gasteiger partial charge in [0.05, 0.1) is 4.90 Å². The van der Waals surface area contributed by atoms with Crippen LogP contribution in [0.5, 0.6) is 0 Å². The van der Waals surface area contributed by atoms with Crippen LogP contribution in [0.4, 0.5) is 5.82 Å². The largest absolute Gasteiger partial charge is 0.368 e. The van der Waals surface area contributed by atoms with E-state index in [4.69, 9.17) is 0 Å². The first-order valence-corrected chi connectivity index (χ1v) is 12.1. The zero-order valence-corrected chi connectivity index (χ0v) is 18.6. The molecule has 0 aliphatic rings. The fraction of sp³-hybridized carbons (Fsp3) is 0.174. The fourth-order valence-electron chi connectivity index (χ4n) is 3.73. The highest BCUT2D eigenvalue weighted by atomic mass is 32.2. The smallest absolute Gasteiger partial charge is 0.240 e. The SMILES string of the molecule is O=S(=O)(NCCc1nnc2ccc(NCCc3c[nH]c4ccccc34)nn12)c1ccccc1. The molecule has 0 amide bonds. The van der Waals surface area contributed by atoms with Gasteiger partial charge in [-0.15, -0.1) is 15.3 Å². The number of aromatic nitrogens is 5. The van der Waals surface area contributed by atoms with Crippen molar-refractivity contribution in [3.05, 3.63) is 84.3 Å². The average molecular weight is 462 g/mol. The van der Waals surface area contributed by atoms with Gasteiger partial charge in [0, 0.05) is 36.6 Å². The minimum Gasteiger partial charge on any atom is -0.368 e. The lowest BCUT2D eigenvalue weighted by molar-refractivity contribution is 0.580. The molecule has 0 unspecified atom stereocenters. The quantitative estimate of drug-likeness (QED) is 0.311. The van der Waals surface area contributed by atoms with Crippen molar-refractivity contribution in [3.63, 3.8) is 0 Å². The lowest BCUT2D eigenvalue weighted by Crippen LogP contribution is -2.26. The number of sulfonamides is 1. The van der Waals surface area contributed by atoms with Crippen LogP contribution in [0.25, 0.3) is 16.6 Å². The standard InChI is InChI=1S/C23H23N7O2S/c31-33(32,18-6-2-1-3-7-18)26-15-13-23-28-27-22-11-10-21(29-30(22)23)24-14-12-17-16-25-20-9-5-4-8-19(17)20/h1-11,16,25-26H,12-15H2,(H,24,29). The van der Waals surface area contributed by atoms with Crippen molar-refractivity contribution in [2.24, 2.45) is 0 Å². The van der Waals surface area contributed by atoms with Crippen LogP contribution in [0.15, 0.2) is 77.8 Å². The van der Waals surface area contributed by atoms with Gasteiger partial charge in [-0.3, -0.25) is 0 Å². The number of rotatable bonds is 9. The first kappa shape index (κ1) is 21.1. The summed E-state index contributed by atoms with van der Waals surface area (Å²) in [6.07, 6.45) is 3.25. The number of fused-ring (bicyclic) bond motifs is 2. The van der Waals surface area contributed by atoms with E-state index in [1.165, 1.54) is 10.9 Å². The molecule has 9 nitrogen and oxygen atoms in total. The predicted molar refractivity (Wildman–Crippen MR) is 127 cm³/mol. The van der Waals surface area contributed by atoms with Gasteiger partial charge in [-0.2, -0.15) is 4.52 Å². The molecule has 0 fully saturated rings. The van der Waals surface area contributed by atoms with E-state index in [1.807, 2.05) is 30.5 Å². The van der Waals surface area contributed by atoms with Crippen LogP contribution in [0.1, 0.15) is 11.4 Å². The van der Waals surface area contributed by atoms with Crippen molar-refractivity contribution in [1.82, 2.24) is 29.5 Å². The summed E-state index contributed by atoms with van der Waals surface area (Å²) in [6, 6.07) is 20.2. The zero-order valence-electron chi connectivity index (χ0n) is 17.8. The maximum absolute atomic E-state index is 12.4. The van der Waals surface area contributed by atoms with Gasteiger partial charge in [0.15, 0.2) is 11.5 Å². The molecule has 0 saturated heterocycles. The molecule has 0 aliphatic heterocycles. The second kappa shape index (κ2) is 9.00. The molecule has 3 N–H and O–H groups in total. The predicted octanol–water partition coefficient (Wildman–Crippen LogP) is 2.78. The van der Waals surface area contributed by atoms with Crippen LogP contribution >= 0.6 is 0 Å². The van der Waals surface area contributed by atoms with Crippen LogP contribution in [0.3, 0.4) is 0 Å². The van der Waals surface area contributed by atoms with E-state index < -0.39 is 10.0 Å². The highest BCUT2D eigenvalue weighted by Gasteiger charge is 2.14. The van der Waals surface area contributed by atoms with Gasteiger partial charge >= 0.3 is 0 Å². The summed E-state index contributed by atoms with van der Waals surface area (Å²) in [4.78, 5) is 3.53. The second-order valence-corrected chi connectivity index (χ2v) is 9.37. The molecule has 5 aromatic rings. The molecule has 0 atom stereocenters. The molecule has 3 heterocycles. The Balaban J connectivity index is 1.22. The maximum Gasteiger partial charge on any atom is 0.240 e. The normalized spacial score (nSPS) is 11.9. The van der Waals surface area contributed by atoms with E-state index in [0.717, 1.165) is 11.9 Å². The third kappa shape index (κ3) is 4.57. The van der Waals surface area contributed by atoms with Crippen LogP contribution in [-0.2, 0) is 22.9 Å². The van der Waals surface area contributed by atoms with Gasteiger partial charge in [0.2, 0.25) is 10.0 Å². The van der Waals surface area contributed by atoms with Gasteiger partial charge in [0.25, 0.3) is 0 Å². The molecule has 2 aromatic carbocycles. The molecule has 0 radical (unpaired) electrons.